The molecule has 4 aromatic rings. The van der Waals surface area contributed by atoms with E-state index >= 15 is 0 Å². The van der Waals surface area contributed by atoms with Crippen molar-refractivity contribution >= 4 is 43.7 Å². The molecule has 0 aliphatic rings. The van der Waals surface area contributed by atoms with Crippen LogP contribution in [-0.2, 0) is 6.54 Å². The van der Waals surface area contributed by atoms with E-state index in [4.69, 9.17) is 5.73 Å². The normalized spacial score (nSPS) is 11.3. The topological polar surface area (TPSA) is 69.6 Å². The van der Waals surface area contributed by atoms with Gasteiger partial charge in [-0.2, -0.15) is 0 Å². The molecule has 2 N–H and O–H groups in total. The number of rotatable bonds is 5. The average molecular weight is 408 g/mol. The van der Waals surface area contributed by atoms with Gasteiger partial charge in [0, 0.05) is 29.3 Å². The number of aromatic nitrogens is 4. The van der Waals surface area contributed by atoms with E-state index in [1.807, 2.05) is 30.5 Å². The predicted molar refractivity (Wildman–Crippen MR) is 110 cm³/mol. The van der Waals surface area contributed by atoms with Crippen LogP contribution in [0.3, 0.4) is 0 Å². The first-order chi connectivity index (χ1) is 12.7. The highest BCUT2D eigenvalue weighted by molar-refractivity contribution is 9.10. The summed E-state index contributed by atoms with van der Waals surface area (Å²) in [5, 5.41) is 1.94. The molecule has 6 heteroatoms. The second kappa shape index (κ2) is 6.88. The van der Waals surface area contributed by atoms with Crippen molar-refractivity contribution < 1.29 is 0 Å². The first-order valence-electron chi connectivity index (χ1n) is 8.45. The Morgan fingerprint density at radius 3 is 2.88 bits per heavy atom. The fraction of sp³-hybridized carbons (Fsp3) is 0.150. The number of para-hydroxylation sites is 1. The summed E-state index contributed by atoms with van der Waals surface area (Å²) in [4.78, 5) is 13.3. The van der Waals surface area contributed by atoms with Gasteiger partial charge in [-0.3, -0.25) is 4.98 Å². The Morgan fingerprint density at radius 2 is 2.04 bits per heavy atom. The van der Waals surface area contributed by atoms with E-state index in [-0.39, 0.29) is 0 Å². The van der Waals surface area contributed by atoms with Crippen LogP contribution in [0.2, 0.25) is 0 Å². The van der Waals surface area contributed by atoms with Crippen molar-refractivity contribution in [1.29, 1.82) is 0 Å². The lowest BCUT2D eigenvalue weighted by molar-refractivity contribution is 0.656. The number of hydrogen-bond donors (Lipinski definition) is 1. The molecule has 0 spiro atoms. The van der Waals surface area contributed by atoms with Crippen LogP contribution in [0.25, 0.3) is 33.1 Å². The summed E-state index contributed by atoms with van der Waals surface area (Å²) in [5.41, 5.74) is 9.99. The molecule has 0 aliphatic heterocycles. The number of allylic oxidation sites excluding steroid dienone is 1. The maximum Gasteiger partial charge on any atom is 0.147 e. The fourth-order valence-electron chi connectivity index (χ4n) is 3.23. The standard InChI is InChI=1S/C20H18BrN5/c1-2-3-6-9-26-18(21)16(17-19(22)24-12-25-20(17)26)14-10-13-7-4-5-8-15(13)23-11-14/h2,4-5,7-8,10-12H,1,3,6,9H2,(H2,22,24,25). The number of unbranched alkanes of at least 4 members (excludes halogenated alkanes) is 1. The molecule has 130 valence electrons. The van der Waals surface area contributed by atoms with Gasteiger partial charge in [-0.1, -0.05) is 24.3 Å². The Kier molecular flexibility index (Phi) is 4.42. The Bertz CT molecular complexity index is 1120. The molecule has 1 aromatic carbocycles. The molecule has 0 bridgehead atoms. The van der Waals surface area contributed by atoms with Crippen LogP contribution in [0.5, 0.6) is 0 Å². The number of anilines is 1. The summed E-state index contributed by atoms with van der Waals surface area (Å²) in [6.45, 7) is 4.62. The van der Waals surface area contributed by atoms with Crippen molar-refractivity contribution in [3.63, 3.8) is 0 Å². The molecule has 0 atom stereocenters. The molecule has 26 heavy (non-hydrogen) atoms. The Morgan fingerprint density at radius 1 is 1.19 bits per heavy atom. The highest BCUT2D eigenvalue weighted by atomic mass is 79.9. The largest absolute Gasteiger partial charge is 0.383 e. The Labute approximate surface area is 159 Å². The molecule has 5 nitrogen and oxygen atoms in total. The zero-order valence-electron chi connectivity index (χ0n) is 14.2. The van der Waals surface area contributed by atoms with Gasteiger partial charge >= 0.3 is 0 Å². The van der Waals surface area contributed by atoms with Gasteiger partial charge in [0.05, 0.1) is 15.5 Å². The van der Waals surface area contributed by atoms with Gasteiger partial charge < -0.3 is 10.3 Å². The predicted octanol–water partition coefficient (Wildman–Crippen LogP) is 4.96. The van der Waals surface area contributed by atoms with Gasteiger partial charge in [-0.25, -0.2) is 9.97 Å². The Hall–Kier alpha value is -2.73. The first kappa shape index (κ1) is 16.7. The number of aryl methyl sites for hydroxylation is 1. The highest BCUT2D eigenvalue weighted by Gasteiger charge is 2.20. The molecule has 0 saturated carbocycles. The third kappa shape index (κ3) is 2.76. The summed E-state index contributed by atoms with van der Waals surface area (Å²) in [5.74, 6) is 0.473. The van der Waals surface area contributed by atoms with E-state index in [9.17, 15) is 0 Å². The van der Waals surface area contributed by atoms with Crippen molar-refractivity contribution in [1.82, 2.24) is 19.5 Å². The summed E-state index contributed by atoms with van der Waals surface area (Å²) >= 11 is 3.77. The number of halogens is 1. The summed E-state index contributed by atoms with van der Waals surface area (Å²) in [6, 6.07) is 10.2. The lowest BCUT2D eigenvalue weighted by atomic mass is 10.1. The minimum absolute atomic E-state index is 0.473. The second-order valence-electron chi connectivity index (χ2n) is 6.12. The average Bonchev–Trinajstić information content (AvgIpc) is 2.95. The number of benzene rings is 1. The monoisotopic (exact) mass is 407 g/mol. The van der Waals surface area contributed by atoms with Crippen LogP contribution < -0.4 is 5.73 Å². The zero-order valence-corrected chi connectivity index (χ0v) is 15.8. The lowest BCUT2D eigenvalue weighted by Crippen LogP contribution is -2.00. The van der Waals surface area contributed by atoms with E-state index < -0.39 is 0 Å². The molecule has 3 aromatic heterocycles. The van der Waals surface area contributed by atoms with Crippen molar-refractivity contribution in [2.45, 2.75) is 19.4 Å². The van der Waals surface area contributed by atoms with E-state index in [1.165, 1.54) is 6.33 Å². The summed E-state index contributed by atoms with van der Waals surface area (Å²) in [7, 11) is 0. The first-order valence-corrected chi connectivity index (χ1v) is 9.24. The molecule has 4 rings (SSSR count). The van der Waals surface area contributed by atoms with Gasteiger partial charge in [-0.05, 0) is 40.9 Å². The minimum Gasteiger partial charge on any atom is -0.383 e. The molecule has 3 heterocycles. The molecular formula is C20H18BrN5. The second-order valence-corrected chi connectivity index (χ2v) is 6.87. The summed E-state index contributed by atoms with van der Waals surface area (Å²) in [6.07, 6.45) is 7.24. The van der Waals surface area contributed by atoms with Crippen LogP contribution in [0.15, 0.2) is 60.1 Å². The van der Waals surface area contributed by atoms with Gasteiger partial charge in [0.2, 0.25) is 0 Å². The molecule has 0 fully saturated rings. The van der Waals surface area contributed by atoms with Crippen LogP contribution in [0.1, 0.15) is 12.8 Å². The number of nitrogens with zero attached hydrogens (tertiary/aromatic N) is 4. The minimum atomic E-state index is 0.473. The zero-order chi connectivity index (χ0) is 18.1. The number of nitrogens with two attached hydrogens (primary N) is 1. The molecular weight excluding hydrogens is 390 g/mol. The molecule has 0 saturated heterocycles. The fourth-order valence-corrected chi connectivity index (χ4v) is 4.01. The third-order valence-corrected chi connectivity index (χ3v) is 5.30. The maximum atomic E-state index is 6.22. The van der Waals surface area contributed by atoms with Crippen molar-refractivity contribution in [3.05, 3.63) is 60.1 Å². The van der Waals surface area contributed by atoms with Crippen LogP contribution >= 0.6 is 15.9 Å². The van der Waals surface area contributed by atoms with Crippen LogP contribution in [0, 0.1) is 0 Å². The van der Waals surface area contributed by atoms with Gasteiger partial charge in [0.25, 0.3) is 0 Å². The molecule has 0 radical (unpaired) electrons. The lowest BCUT2D eigenvalue weighted by Gasteiger charge is -2.06. The van der Waals surface area contributed by atoms with Crippen molar-refractivity contribution in [2.24, 2.45) is 0 Å². The van der Waals surface area contributed by atoms with E-state index in [1.54, 1.807) is 0 Å². The SMILES string of the molecule is C=CCCCn1c(Br)c(-c2cnc3ccccc3c2)c2c(N)ncnc21. The van der Waals surface area contributed by atoms with Gasteiger partial charge in [-0.15, -0.1) is 6.58 Å². The van der Waals surface area contributed by atoms with Crippen LogP contribution in [0.4, 0.5) is 5.82 Å². The van der Waals surface area contributed by atoms with E-state index in [0.717, 1.165) is 57.1 Å². The number of nitrogen functional groups attached to an aromatic ring is 1. The van der Waals surface area contributed by atoms with Crippen molar-refractivity contribution in [3.8, 4) is 11.1 Å². The smallest absolute Gasteiger partial charge is 0.147 e. The van der Waals surface area contributed by atoms with Crippen molar-refractivity contribution in [2.75, 3.05) is 5.73 Å². The highest BCUT2D eigenvalue weighted by Crippen LogP contribution is 2.40. The van der Waals surface area contributed by atoms with E-state index in [0.29, 0.717) is 5.82 Å². The van der Waals surface area contributed by atoms with Crippen LogP contribution in [-0.4, -0.2) is 19.5 Å². The number of pyridine rings is 1. The third-order valence-electron chi connectivity index (χ3n) is 4.47. The maximum absolute atomic E-state index is 6.22. The summed E-state index contributed by atoms with van der Waals surface area (Å²) < 4.78 is 3.09. The van der Waals surface area contributed by atoms with Gasteiger partial charge in [0.15, 0.2) is 0 Å². The number of fused-ring (bicyclic) bond motifs is 2. The Balaban J connectivity index is 1.95. The van der Waals surface area contributed by atoms with Gasteiger partial charge in [0.1, 0.15) is 17.8 Å². The molecule has 0 unspecified atom stereocenters. The van der Waals surface area contributed by atoms with E-state index in [2.05, 4.69) is 54.2 Å². The number of hydrogen-bond acceptors (Lipinski definition) is 4. The molecule has 0 aliphatic carbocycles. The molecule has 0 amide bonds. The quantitative estimate of drug-likeness (QED) is 0.375.